The highest BCUT2D eigenvalue weighted by molar-refractivity contribution is 5.92. The maximum atomic E-state index is 13.0. The molecule has 2 rings (SSSR count). The first-order valence-corrected chi connectivity index (χ1v) is 5.99. The molecule has 0 atom stereocenters. The molecule has 6 heteroatoms. The molecule has 1 amide bonds. The fourth-order valence-corrected chi connectivity index (χ4v) is 1.60. The van der Waals surface area contributed by atoms with Gasteiger partial charge in [0.05, 0.1) is 6.54 Å². The Hall–Kier alpha value is -2.34. The predicted octanol–water partition coefficient (Wildman–Crippen LogP) is 2.09. The lowest BCUT2D eigenvalue weighted by Crippen LogP contribution is -2.27. The fraction of sp³-hybridized carbons (Fsp3) is 0.143. The van der Waals surface area contributed by atoms with Gasteiger partial charge in [0.25, 0.3) is 0 Å². The van der Waals surface area contributed by atoms with Crippen molar-refractivity contribution in [3.63, 3.8) is 0 Å². The van der Waals surface area contributed by atoms with Crippen LogP contribution < -0.4 is 10.6 Å². The molecule has 1 aromatic heterocycles. The van der Waals surface area contributed by atoms with Crippen LogP contribution >= 0.6 is 0 Å². The van der Waals surface area contributed by atoms with Gasteiger partial charge in [0.2, 0.25) is 5.91 Å². The van der Waals surface area contributed by atoms with Gasteiger partial charge in [0.1, 0.15) is 0 Å². The summed E-state index contributed by atoms with van der Waals surface area (Å²) in [7, 11) is 0. The molecule has 4 nitrogen and oxygen atoms in total. The number of carbonyl (C=O) groups is 1. The van der Waals surface area contributed by atoms with Crippen molar-refractivity contribution in [1.29, 1.82) is 0 Å². The molecule has 104 valence electrons. The van der Waals surface area contributed by atoms with Gasteiger partial charge in [-0.3, -0.25) is 9.78 Å². The highest BCUT2D eigenvalue weighted by Gasteiger charge is 2.05. The van der Waals surface area contributed by atoms with Gasteiger partial charge >= 0.3 is 0 Å². The molecule has 0 unspecified atom stereocenters. The van der Waals surface area contributed by atoms with Gasteiger partial charge in [0, 0.05) is 30.7 Å². The van der Waals surface area contributed by atoms with Gasteiger partial charge in [-0.05, 0) is 23.8 Å². The number of halogens is 2. The zero-order valence-electron chi connectivity index (χ0n) is 10.6. The second-order valence-corrected chi connectivity index (χ2v) is 4.14. The average molecular weight is 277 g/mol. The van der Waals surface area contributed by atoms with Gasteiger partial charge in [0.15, 0.2) is 11.6 Å². The summed E-state index contributed by atoms with van der Waals surface area (Å²) in [6.45, 7) is 0.562. The molecule has 0 fully saturated rings. The molecular weight excluding hydrogens is 264 g/mol. The number of carbonyl (C=O) groups excluding carboxylic acids is 1. The molecule has 20 heavy (non-hydrogen) atoms. The first kappa shape index (κ1) is 14.1. The van der Waals surface area contributed by atoms with Crippen LogP contribution in [-0.4, -0.2) is 17.4 Å². The Bertz CT molecular complexity index is 590. The Balaban J connectivity index is 1.79. The number of aromatic nitrogens is 1. The normalized spacial score (nSPS) is 10.3. The molecule has 1 heterocycles. The van der Waals surface area contributed by atoms with E-state index < -0.39 is 11.6 Å². The largest absolute Gasteiger partial charge is 0.325 e. The smallest absolute Gasteiger partial charge is 0.238 e. The molecule has 2 aromatic rings. The minimum absolute atomic E-state index is 0.0634. The second-order valence-electron chi connectivity index (χ2n) is 4.14. The summed E-state index contributed by atoms with van der Waals surface area (Å²) in [5.41, 5.74) is 1.17. The Labute approximate surface area is 114 Å². The highest BCUT2D eigenvalue weighted by Crippen LogP contribution is 2.12. The minimum Gasteiger partial charge on any atom is -0.325 e. The van der Waals surface area contributed by atoms with Gasteiger partial charge in [-0.25, -0.2) is 8.78 Å². The number of amides is 1. The van der Waals surface area contributed by atoms with E-state index >= 15 is 0 Å². The maximum Gasteiger partial charge on any atom is 0.238 e. The van der Waals surface area contributed by atoms with Gasteiger partial charge in [-0.2, -0.15) is 0 Å². The van der Waals surface area contributed by atoms with E-state index in [2.05, 4.69) is 15.6 Å². The summed E-state index contributed by atoms with van der Waals surface area (Å²) in [5.74, 6) is -2.27. The Morgan fingerprint density at radius 2 is 2.05 bits per heavy atom. The summed E-state index contributed by atoms with van der Waals surface area (Å²) in [6.07, 6.45) is 3.36. The fourth-order valence-electron chi connectivity index (χ4n) is 1.60. The lowest BCUT2D eigenvalue weighted by molar-refractivity contribution is -0.115. The van der Waals surface area contributed by atoms with E-state index in [0.717, 1.165) is 17.7 Å². The zero-order chi connectivity index (χ0) is 14.4. The maximum absolute atomic E-state index is 13.0. The third kappa shape index (κ3) is 4.10. The molecule has 0 spiro atoms. The van der Waals surface area contributed by atoms with Crippen LogP contribution in [0.5, 0.6) is 0 Å². The van der Waals surface area contributed by atoms with Crippen molar-refractivity contribution in [3.8, 4) is 0 Å². The average Bonchev–Trinajstić information content (AvgIpc) is 2.44. The van der Waals surface area contributed by atoms with E-state index in [4.69, 9.17) is 0 Å². The van der Waals surface area contributed by atoms with Crippen molar-refractivity contribution in [3.05, 3.63) is 59.9 Å². The number of hydrogen-bond donors (Lipinski definition) is 2. The summed E-state index contributed by atoms with van der Waals surface area (Å²) >= 11 is 0. The molecule has 1 aromatic carbocycles. The van der Waals surface area contributed by atoms with Crippen molar-refractivity contribution in [2.75, 3.05) is 11.9 Å². The number of pyridine rings is 1. The van der Waals surface area contributed by atoms with Gasteiger partial charge < -0.3 is 10.6 Å². The van der Waals surface area contributed by atoms with E-state index in [9.17, 15) is 13.6 Å². The summed E-state index contributed by atoms with van der Waals surface area (Å²) in [6, 6.07) is 6.89. The number of rotatable bonds is 5. The van der Waals surface area contributed by atoms with Crippen LogP contribution in [0, 0.1) is 11.6 Å². The summed E-state index contributed by atoms with van der Waals surface area (Å²) in [4.78, 5) is 15.5. The molecule has 0 saturated heterocycles. The van der Waals surface area contributed by atoms with E-state index in [0.29, 0.717) is 6.54 Å². The lowest BCUT2D eigenvalue weighted by atomic mass is 10.3. The standard InChI is InChI=1S/C14H13F2N3O/c15-12-4-3-11(6-13(12)16)19-14(20)9-18-8-10-2-1-5-17-7-10/h1-7,18H,8-9H2,(H,19,20). The van der Waals surface area contributed by atoms with Crippen LogP contribution in [-0.2, 0) is 11.3 Å². The SMILES string of the molecule is O=C(CNCc1cccnc1)Nc1ccc(F)c(F)c1. The van der Waals surface area contributed by atoms with Crippen LogP contribution in [0.2, 0.25) is 0 Å². The third-order valence-electron chi connectivity index (χ3n) is 2.54. The first-order valence-electron chi connectivity index (χ1n) is 5.99. The Kier molecular flexibility index (Phi) is 4.73. The quantitative estimate of drug-likeness (QED) is 0.880. The first-order chi connectivity index (χ1) is 9.65. The van der Waals surface area contributed by atoms with Gasteiger partial charge in [-0.1, -0.05) is 6.07 Å². The zero-order valence-corrected chi connectivity index (χ0v) is 10.6. The molecule has 0 radical (unpaired) electrons. The monoisotopic (exact) mass is 277 g/mol. The number of anilines is 1. The molecule has 2 N–H and O–H groups in total. The molecule has 0 bridgehead atoms. The molecule has 0 aliphatic heterocycles. The Morgan fingerprint density at radius 3 is 2.75 bits per heavy atom. The van der Waals surface area contributed by atoms with E-state index in [1.165, 1.54) is 6.07 Å². The van der Waals surface area contributed by atoms with E-state index in [-0.39, 0.29) is 18.1 Å². The Morgan fingerprint density at radius 1 is 1.20 bits per heavy atom. The van der Waals surface area contributed by atoms with Crippen molar-refractivity contribution in [2.45, 2.75) is 6.54 Å². The highest BCUT2D eigenvalue weighted by atomic mass is 19.2. The second kappa shape index (κ2) is 6.72. The van der Waals surface area contributed by atoms with Crippen molar-refractivity contribution in [2.24, 2.45) is 0 Å². The van der Waals surface area contributed by atoms with E-state index in [1.54, 1.807) is 18.5 Å². The van der Waals surface area contributed by atoms with Crippen molar-refractivity contribution >= 4 is 11.6 Å². The molecule has 0 aliphatic carbocycles. The van der Waals surface area contributed by atoms with E-state index in [1.807, 2.05) is 6.07 Å². The van der Waals surface area contributed by atoms with Crippen LogP contribution in [0.25, 0.3) is 0 Å². The van der Waals surface area contributed by atoms with Crippen molar-refractivity contribution in [1.82, 2.24) is 10.3 Å². The summed E-state index contributed by atoms with van der Waals surface area (Å²) in [5, 5.41) is 5.40. The molecular formula is C14H13F2N3O. The van der Waals surface area contributed by atoms with Crippen LogP contribution in [0.1, 0.15) is 5.56 Å². The van der Waals surface area contributed by atoms with Crippen LogP contribution in [0.3, 0.4) is 0 Å². The number of nitrogens with one attached hydrogen (secondary N) is 2. The van der Waals surface area contributed by atoms with Gasteiger partial charge in [-0.15, -0.1) is 0 Å². The predicted molar refractivity (Wildman–Crippen MR) is 70.9 cm³/mol. The minimum atomic E-state index is -0.994. The van der Waals surface area contributed by atoms with Crippen molar-refractivity contribution < 1.29 is 13.6 Å². The molecule has 0 saturated carbocycles. The number of benzene rings is 1. The topological polar surface area (TPSA) is 54.0 Å². The van der Waals surface area contributed by atoms with Crippen LogP contribution in [0.4, 0.5) is 14.5 Å². The lowest BCUT2D eigenvalue weighted by Gasteiger charge is -2.07. The molecule has 0 aliphatic rings. The summed E-state index contributed by atoms with van der Waals surface area (Å²) < 4.78 is 25.7. The number of hydrogen-bond acceptors (Lipinski definition) is 3. The van der Waals surface area contributed by atoms with Crippen LogP contribution in [0.15, 0.2) is 42.7 Å². The third-order valence-corrected chi connectivity index (χ3v) is 2.54. The number of nitrogens with zero attached hydrogens (tertiary/aromatic N) is 1.